The molecule has 0 saturated carbocycles. The highest BCUT2D eigenvalue weighted by Gasteiger charge is 2.28. The number of amides is 4. The summed E-state index contributed by atoms with van der Waals surface area (Å²) in [6.45, 7) is 13.8. The highest BCUT2D eigenvalue weighted by atomic mass is 16.5. The van der Waals surface area contributed by atoms with Crippen molar-refractivity contribution in [1.29, 1.82) is 0 Å². The molecule has 0 saturated heterocycles. The van der Waals surface area contributed by atoms with Crippen molar-refractivity contribution in [2.45, 2.75) is 260 Å². The first kappa shape index (κ1) is 64.4. The molecule has 14 nitrogen and oxygen atoms in total. The van der Waals surface area contributed by atoms with Gasteiger partial charge in [0.2, 0.25) is 17.6 Å². The first-order valence-corrected chi connectivity index (χ1v) is 29.1. The summed E-state index contributed by atoms with van der Waals surface area (Å²) in [6.07, 6.45) is 37.1. The third kappa shape index (κ3) is 28.5. The number of aromatic amines is 1. The van der Waals surface area contributed by atoms with E-state index in [1.54, 1.807) is 20.8 Å². The molecular formula is C59H103N7O7. The van der Waals surface area contributed by atoms with Crippen LogP contribution in [0, 0.1) is 12.8 Å². The van der Waals surface area contributed by atoms with Crippen molar-refractivity contribution in [1.82, 2.24) is 15.6 Å². The van der Waals surface area contributed by atoms with E-state index >= 15 is 0 Å². The number of carbonyl (C=O) groups is 4. The standard InChI is InChI=1S/C59H103N7O7/c1-7-10-13-16-19-22-25-28-31-34-39-71-49-42-47(44-63-51(67)38-37-48-46(6)53(57(69)66-59(61)62)64-54(48)58(70)65-52(45(4)5)56(60)68)43-50(72-40-35-32-29-26-23-20-17-14-11-8-2)55(49)73-41-36-33-30-27-24-21-18-15-12-9-3/h42-43,45,52,64H,7-41,44H2,1-6H3,(H2,60,68)(H,63,67)(H,65,70)(H4,61,62,66,69)/t52-/m0/s1. The predicted octanol–water partition coefficient (Wildman–Crippen LogP) is 13.1. The summed E-state index contributed by atoms with van der Waals surface area (Å²) >= 11 is 0. The number of guanidine groups is 1. The molecule has 73 heavy (non-hydrogen) atoms. The Morgan fingerprint density at radius 3 is 1.36 bits per heavy atom. The minimum absolute atomic E-state index is 0.000253. The van der Waals surface area contributed by atoms with E-state index in [0.29, 0.717) is 48.2 Å². The zero-order chi connectivity index (χ0) is 53.5. The second kappa shape index (κ2) is 40.6. The van der Waals surface area contributed by atoms with Gasteiger partial charge in [-0.3, -0.25) is 19.2 Å². The Morgan fingerprint density at radius 2 is 0.973 bits per heavy atom. The largest absolute Gasteiger partial charge is 0.490 e. The lowest BCUT2D eigenvalue weighted by Gasteiger charge is -2.19. The van der Waals surface area contributed by atoms with Gasteiger partial charge in [0.1, 0.15) is 17.4 Å². The molecule has 2 aromatic rings. The van der Waals surface area contributed by atoms with Crippen LogP contribution in [0.3, 0.4) is 0 Å². The minimum atomic E-state index is -0.965. The molecule has 1 heterocycles. The Labute approximate surface area is 442 Å². The van der Waals surface area contributed by atoms with Gasteiger partial charge in [0.15, 0.2) is 17.5 Å². The van der Waals surface area contributed by atoms with Gasteiger partial charge in [0.25, 0.3) is 11.8 Å². The van der Waals surface area contributed by atoms with E-state index in [2.05, 4.69) is 41.4 Å². The summed E-state index contributed by atoms with van der Waals surface area (Å²) in [5.74, 6) is -1.25. The van der Waals surface area contributed by atoms with E-state index in [0.717, 1.165) is 44.1 Å². The summed E-state index contributed by atoms with van der Waals surface area (Å²) in [7, 11) is 0. The van der Waals surface area contributed by atoms with Crippen molar-refractivity contribution in [2.75, 3.05) is 19.8 Å². The van der Waals surface area contributed by atoms with Crippen LogP contribution in [0.15, 0.2) is 17.1 Å². The van der Waals surface area contributed by atoms with Crippen LogP contribution < -0.4 is 42.0 Å². The van der Waals surface area contributed by atoms with E-state index < -0.39 is 29.7 Å². The number of hydrogen-bond donors (Lipinski definition) is 6. The number of H-pyrrole nitrogens is 1. The van der Waals surface area contributed by atoms with Gasteiger partial charge in [-0.2, -0.15) is 4.99 Å². The topological polar surface area (TPSA) is 226 Å². The maximum Gasteiger partial charge on any atom is 0.296 e. The van der Waals surface area contributed by atoms with Crippen molar-refractivity contribution in [3.05, 3.63) is 40.2 Å². The van der Waals surface area contributed by atoms with Crippen LogP contribution in [0.2, 0.25) is 0 Å². The highest BCUT2D eigenvalue weighted by molar-refractivity contribution is 6.05. The SMILES string of the molecule is CCCCCCCCCCCCOc1cc(CNC(=O)CCc2c(C(=O)N[C@H](C(N)=O)C(C)C)[nH]c(C(=O)N=C(N)N)c2C)cc(OCCCCCCCCCCCC)c1OCCCCCCCCCCCC. The van der Waals surface area contributed by atoms with Crippen molar-refractivity contribution < 1.29 is 33.4 Å². The Kier molecular flexibility index (Phi) is 35.8. The fourth-order valence-electron chi connectivity index (χ4n) is 9.23. The molecule has 9 N–H and O–H groups in total. The molecule has 0 radical (unpaired) electrons. The summed E-state index contributed by atoms with van der Waals surface area (Å²) in [6, 6.07) is 2.96. The van der Waals surface area contributed by atoms with Crippen molar-refractivity contribution >= 4 is 29.6 Å². The smallest absolute Gasteiger partial charge is 0.296 e. The Morgan fingerprint density at radius 1 is 0.575 bits per heavy atom. The fraction of sp³-hybridized carbons (Fsp3) is 0.746. The lowest BCUT2D eigenvalue weighted by atomic mass is 10.0. The van der Waals surface area contributed by atoms with Gasteiger partial charge >= 0.3 is 0 Å². The monoisotopic (exact) mass is 1020 g/mol. The predicted molar refractivity (Wildman–Crippen MR) is 300 cm³/mol. The average molecular weight is 1020 g/mol. The number of nitrogens with zero attached hydrogens (tertiary/aromatic N) is 1. The van der Waals surface area contributed by atoms with E-state index in [-0.39, 0.29) is 42.6 Å². The molecule has 416 valence electrons. The molecule has 4 amide bonds. The first-order valence-electron chi connectivity index (χ1n) is 29.1. The third-order valence-electron chi connectivity index (χ3n) is 13.7. The Hall–Kier alpha value is -4.75. The van der Waals surface area contributed by atoms with Gasteiger partial charge < -0.3 is 47.0 Å². The van der Waals surface area contributed by atoms with Crippen molar-refractivity contribution in [2.24, 2.45) is 28.1 Å². The average Bonchev–Trinajstić information content (AvgIpc) is 3.69. The molecule has 0 aliphatic rings. The molecule has 0 unspecified atom stereocenters. The second-order valence-electron chi connectivity index (χ2n) is 20.7. The van der Waals surface area contributed by atoms with Crippen LogP contribution in [0.25, 0.3) is 0 Å². The molecular weight excluding hydrogens is 919 g/mol. The quantitative estimate of drug-likeness (QED) is 0.0210. The van der Waals surface area contributed by atoms with Crippen LogP contribution in [0.5, 0.6) is 17.2 Å². The summed E-state index contributed by atoms with van der Waals surface area (Å²) < 4.78 is 19.7. The van der Waals surface area contributed by atoms with Gasteiger partial charge in [-0.05, 0) is 67.3 Å². The summed E-state index contributed by atoms with van der Waals surface area (Å²) in [4.78, 5) is 59.0. The molecule has 0 aliphatic carbocycles. The number of hydrogen-bond acceptors (Lipinski definition) is 7. The number of primary amides is 1. The number of nitrogens with one attached hydrogen (secondary N) is 3. The normalized spacial score (nSPS) is 11.7. The lowest BCUT2D eigenvalue weighted by Crippen LogP contribution is -2.48. The molecule has 0 spiro atoms. The number of rotatable bonds is 46. The molecule has 1 aromatic heterocycles. The van der Waals surface area contributed by atoms with Gasteiger partial charge in [-0.1, -0.05) is 208 Å². The zero-order valence-electron chi connectivity index (χ0n) is 46.8. The number of nitrogens with two attached hydrogens (primary N) is 3. The molecule has 0 bridgehead atoms. The van der Waals surface area contributed by atoms with E-state index in [1.807, 2.05) is 12.1 Å². The van der Waals surface area contributed by atoms with Crippen LogP contribution in [0.4, 0.5) is 0 Å². The molecule has 1 atom stereocenters. The number of carbonyl (C=O) groups excluding carboxylic acids is 4. The fourth-order valence-corrected chi connectivity index (χ4v) is 9.23. The van der Waals surface area contributed by atoms with Crippen molar-refractivity contribution in [3.63, 3.8) is 0 Å². The number of aliphatic imine (C=N–C) groups is 1. The third-order valence-corrected chi connectivity index (χ3v) is 13.7. The van der Waals surface area contributed by atoms with Gasteiger partial charge in [-0.15, -0.1) is 0 Å². The number of ether oxygens (including phenoxy) is 3. The Balaban J connectivity index is 2.29. The van der Waals surface area contributed by atoms with Gasteiger partial charge in [0.05, 0.1) is 19.8 Å². The van der Waals surface area contributed by atoms with Crippen molar-refractivity contribution in [3.8, 4) is 17.2 Å². The second-order valence-corrected chi connectivity index (χ2v) is 20.7. The van der Waals surface area contributed by atoms with E-state index in [1.165, 1.54) is 154 Å². The lowest BCUT2D eigenvalue weighted by molar-refractivity contribution is -0.121. The maximum atomic E-state index is 13.7. The van der Waals surface area contributed by atoms with Crippen LogP contribution in [0.1, 0.15) is 271 Å². The van der Waals surface area contributed by atoms with Gasteiger partial charge in [-0.25, -0.2) is 0 Å². The zero-order valence-corrected chi connectivity index (χ0v) is 46.8. The molecule has 0 aliphatic heterocycles. The highest BCUT2D eigenvalue weighted by Crippen LogP contribution is 2.40. The molecule has 0 fully saturated rings. The first-order chi connectivity index (χ1) is 35.3. The number of benzene rings is 1. The van der Waals surface area contributed by atoms with Crippen LogP contribution in [-0.2, 0) is 22.6 Å². The van der Waals surface area contributed by atoms with Gasteiger partial charge in [0, 0.05) is 13.0 Å². The summed E-state index contributed by atoms with van der Waals surface area (Å²) in [5, 5.41) is 5.73. The molecule has 2 rings (SSSR count). The minimum Gasteiger partial charge on any atom is -0.490 e. The summed E-state index contributed by atoms with van der Waals surface area (Å²) in [5.41, 5.74) is 18.3. The van der Waals surface area contributed by atoms with E-state index in [4.69, 9.17) is 31.4 Å². The van der Waals surface area contributed by atoms with Crippen LogP contribution >= 0.6 is 0 Å². The van der Waals surface area contributed by atoms with Crippen LogP contribution in [-0.4, -0.2) is 60.4 Å². The van der Waals surface area contributed by atoms with E-state index in [9.17, 15) is 19.2 Å². The maximum absolute atomic E-state index is 13.7. The Bertz CT molecular complexity index is 1810. The molecule has 1 aromatic carbocycles. The number of unbranched alkanes of at least 4 members (excludes halogenated alkanes) is 27. The molecule has 14 heteroatoms. The number of aromatic nitrogens is 1.